The molecule has 0 radical (unpaired) electrons. The number of alkyl halides is 3. The molecule has 0 spiro atoms. The third-order valence-corrected chi connectivity index (χ3v) is 3.78. The van der Waals surface area contributed by atoms with E-state index in [2.05, 4.69) is 10.2 Å². The normalized spacial score (nSPS) is 11.3. The Morgan fingerprint density at radius 3 is 2.65 bits per heavy atom. The Hall–Kier alpha value is -2.16. The molecule has 0 aliphatic carbocycles. The molecule has 5 nitrogen and oxygen atoms in total. The smallest absolute Gasteiger partial charge is 0.445 e. The summed E-state index contributed by atoms with van der Waals surface area (Å²) in [4.78, 5) is 13.7. The van der Waals surface area contributed by atoms with Crippen LogP contribution in [0.4, 0.5) is 18.9 Å². The van der Waals surface area contributed by atoms with Crippen molar-refractivity contribution >= 4 is 22.9 Å². The third kappa shape index (κ3) is 4.41. The fourth-order valence-electron chi connectivity index (χ4n) is 1.88. The number of benzene rings is 1. The van der Waals surface area contributed by atoms with Gasteiger partial charge in [0.05, 0.1) is 0 Å². The molecule has 23 heavy (non-hydrogen) atoms. The van der Waals surface area contributed by atoms with E-state index in [0.29, 0.717) is 12.2 Å². The largest absolute Gasteiger partial charge is 0.459 e. The lowest BCUT2D eigenvalue weighted by atomic mass is 10.2. The number of rotatable bonds is 5. The number of likely N-dealkylation sites (N-methyl/N-ethyl adjacent to an activating group) is 1. The zero-order chi connectivity index (χ0) is 17.0. The van der Waals surface area contributed by atoms with Gasteiger partial charge < -0.3 is 9.64 Å². The molecule has 1 aromatic carbocycles. The van der Waals surface area contributed by atoms with Gasteiger partial charge in [-0.3, -0.25) is 4.79 Å². The second-order valence-electron chi connectivity index (χ2n) is 4.64. The maximum atomic E-state index is 12.4. The molecule has 0 bridgehead atoms. The molecule has 2 rings (SSSR count). The zero-order valence-corrected chi connectivity index (χ0v) is 13.2. The highest BCUT2D eigenvalue weighted by molar-refractivity contribution is 7.13. The Labute approximate surface area is 134 Å². The highest BCUT2D eigenvalue weighted by atomic mass is 32.1. The predicted molar refractivity (Wildman–Crippen MR) is 79.6 cm³/mol. The molecule has 1 aromatic heterocycles. The standard InChI is InChI=1S/C14H14F3N3O2S/c1-3-20(10-6-4-5-9(2)7-10)11(21)8-22-13-19-18-12(23-13)14(15,16)17/h4-7H,3,8H2,1-2H3. The predicted octanol–water partition coefficient (Wildman–Crippen LogP) is 3.30. The summed E-state index contributed by atoms with van der Waals surface area (Å²) < 4.78 is 42.3. The van der Waals surface area contributed by atoms with E-state index in [9.17, 15) is 18.0 Å². The summed E-state index contributed by atoms with van der Waals surface area (Å²) in [6.07, 6.45) is -4.57. The molecule has 0 unspecified atom stereocenters. The summed E-state index contributed by atoms with van der Waals surface area (Å²) in [6.45, 7) is 3.70. The van der Waals surface area contributed by atoms with Gasteiger partial charge in [-0.25, -0.2) is 0 Å². The first-order valence-electron chi connectivity index (χ1n) is 6.71. The number of hydrogen-bond donors (Lipinski definition) is 0. The minimum atomic E-state index is -4.57. The molecule has 0 fully saturated rings. The van der Waals surface area contributed by atoms with Crippen molar-refractivity contribution < 1.29 is 22.7 Å². The number of carbonyl (C=O) groups excluding carboxylic acids is 1. The molecule has 0 aliphatic rings. The van der Waals surface area contributed by atoms with Crippen molar-refractivity contribution in [3.8, 4) is 5.19 Å². The number of hydrogen-bond acceptors (Lipinski definition) is 5. The molecule has 0 aliphatic heterocycles. The molecule has 1 amide bonds. The molecule has 0 saturated carbocycles. The molecule has 9 heteroatoms. The summed E-state index contributed by atoms with van der Waals surface area (Å²) in [5.41, 5.74) is 1.70. The SMILES string of the molecule is CCN(C(=O)COc1nnc(C(F)(F)F)s1)c1cccc(C)c1. The van der Waals surface area contributed by atoms with Crippen LogP contribution in [0.25, 0.3) is 0 Å². The maximum absolute atomic E-state index is 12.4. The maximum Gasteiger partial charge on any atom is 0.445 e. The lowest BCUT2D eigenvalue weighted by molar-refractivity contribution is -0.138. The van der Waals surface area contributed by atoms with Gasteiger partial charge in [-0.15, -0.1) is 5.10 Å². The monoisotopic (exact) mass is 345 g/mol. The number of aryl methyl sites for hydroxylation is 1. The number of amides is 1. The topological polar surface area (TPSA) is 55.3 Å². The minimum Gasteiger partial charge on any atom is -0.459 e. The fourth-order valence-corrected chi connectivity index (χ4v) is 2.45. The number of aromatic nitrogens is 2. The van der Waals surface area contributed by atoms with Crippen LogP contribution in [0.1, 0.15) is 17.5 Å². The van der Waals surface area contributed by atoms with E-state index in [4.69, 9.17) is 4.74 Å². The lowest BCUT2D eigenvalue weighted by Crippen LogP contribution is -2.34. The van der Waals surface area contributed by atoms with Crippen LogP contribution >= 0.6 is 11.3 Å². The summed E-state index contributed by atoms with van der Waals surface area (Å²) in [7, 11) is 0. The van der Waals surface area contributed by atoms with Gasteiger partial charge in [0.2, 0.25) is 5.01 Å². The van der Waals surface area contributed by atoms with Crippen molar-refractivity contribution in [2.24, 2.45) is 0 Å². The van der Waals surface area contributed by atoms with Crippen molar-refractivity contribution in [3.63, 3.8) is 0 Å². The van der Waals surface area contributed by atoms with Gasteiger partial charge in [0.25, 0.3) is 11.1 Å². The Morgan fingerprint density at radius 2 is 2.09 bits per heavy atom. The first kappa shape index (κ1) is 17.2. The van der Waals surface area contributed by atoms with E-state index >= 15 is 0 Å². The van der Waals surface area contributed by atoms with Gasteiger partial charge in [0, 0.05) is 12.2 Å². The first-order chi connectivity index (χ1) is 10.8. The van der Waals surface area contributed by atoms with Crippen molar-refractivity contribution in [1.29, 1.82) is 0 Å². The van der Waals surface area contributed by atoms with E-state index in [-0.39, 0.29) is 22.4 Å². The highest BCUT2D eigenvalue weighted by Gasteiger charge is 2.36. The molecule has 0 N–H and O–H groups in total. The average molecular weight is 345 g/mol. The van der Waals surface area contributed by atoms with Crippen LogP contribution in [0, 0.1) is 6.92 Å². The zero-order valence-electron chi connectivity index (χ0n) is 12.4. The van der Waals surface area contributed by atoms with Crippen LogP contribution in [-0.4, -0.2) is 29.3 Å². The van der Waals surface area contributed by atoms with Gasteiger partial charge in [-0.1, -0.05) is 28.6 Å². The Balaban J connectivity index is 2.02. The molecule has 0 atom stereocenters. The van der Waals surface area contributed by atoms with E-state index in [1.807, 2.05) is 25.1 Å². The van der Waals surface area contributed by atoms with Gasteiger partial charge >= 0.3 is 6.18 Å². The molecule has 1 heterocycles. The average Bonchev–Trinajstić information content (AvgIpc) is 2.95. The van der Waals surface area contributed by atoms with Crippen LogP contribution in [0.15, 0.2) is 24.3 Å². The molecular weight excluding hydrogens is 331 g/mol. The van der Waals surface area contributed by atoms with E-state index in [0.717, 1.165) is 5.56 Å². The molecular formula is C14H14F3N3O2S. The number of nitrogens with zero attached hydrogens (tertiary/aromatic N) is 3. The quantitative estimate of drug-likeness (QED) is 0.834. The first-order valence-corrected chi connectivity index (χ1v) is 7.53. The number of ether oxygens (including phenoxy) is 1. The summed E-state index contributed by atoms with van der Waals surface area (Å²) in [6, 6.07) is 7.34. The second-order valence-corrected chi connectivity index (χ2v) is 5.58. The van der Waals surface area contributed by atoms with Crippen molar-refractivity contribution in [2.75, 3.05) is 18.1 Å². The number of anilines is 1. The lowest BCUT2D eigenvalue weighted by Gasteiger charge is -2.21. The van der Waals surface area contributed by atoms with E-state index in [1.165, 1.54) is 4.90 Å². The van der Waals surface area contributed by atoms with E-state index in [1.54, 1.807) is 13.0 Å². The van der Waals surface area contributed by atoms with Crippen LogP contribution in [-0.2, 0) is 11.0 Å². The van der Waals surface area contributed by atoms with Crippen molar-refractivity contribution in [1.82, 2.24) is 10.2 Å². The molecule has 2 aromatic rings. The Bertz CT molecular complexity index is 688. The van der Waals surface area contributed by atoms with Crippen LogP contribution in [0.3, 0.4) is 0 Å². The van der Waals surface area contributed by atoms with Gasteiger partial charge in [-0.2, -0.15) is 13.2 Å². The number of carbonyl (C=O) groups is 1. The van der Waals surface area contributed by atoms with Crippen molar-refractivity contribution in [3.05, 3.63) is 34.8 Å². The second kappa shape index (κ2) is 6.95. The molecule has 0 saturated heterocycles. The third-order valence-electron chi connectivity index (χ3n) is 2.90. The van der Waals surface area contributed by atoms with Gasteiger partial charge in [0.15, 0.2) is 6.61 Å². The van der Waals surface area contributed by atoms with E-state index < -0.39 is 17.8 Å². The Morgan fingerprint density at radius 1 is 1.35 bits per heavy atom. The highest BCUT2D eigenvalue weighted by Crippen LogP contribution is 2.33. The number of halogens is 3. The van der Waals surface area contributed by atoms with Gasteiger partial charge in [-0.05, 0) is 31.5 Å². The van der Waals surface area contributed by atoms with Crippen molar-refractivity contribution in [2.45, 2.75) is 20.0 Å². The molecule has 124 valence electrons. The van der Waals surface area contributed by atoms with Crippen LogP contribution in [0.5, 0.6) is 5.19 Å². The summed E-state index contributed by atoms with van der Waals surface area (Å²) >= 11 is 0.259. The fraction of sp³-hybridized carbons (Fsp3) is 0.357. The summed E-state index contributed by atoms with van der Waals surface area (Å²) in [5.74, 6) is -0.373. The van der Waals surface area contributed by atoms with Gasteiger partial charge in [0.1, 0.15) is 0 Å². The Kier molecular flexibility index (Phi) is 5.19. The minimum absolute atomic E-state index is 0.259. The van der Waals surface area contributed by atoms with Crippen LogP contribution < -0.4 is 9.64 Å². The van der Waals surface area contributed by atoms with Crippen LogP contribution in [0.2, 0.25) is 0 Å². The summed E-state index contributed by atoms with van der Waals surface area (Å²) in [5, 5.41) is 4.88.